The van der Waals surface area contributed by atoms with Crippen LogP contribution in [0.25, 0.3) is 10.9 Å². The number of para-hydroxylation sites is 1. The highest BCUT2D eigenvalue weighted by molar-refractivity contribution is 5.76. The van der Waals surface area contributed by atoms with Crippen LogP contribution in [0.3, 0.4) is 0 Å². The summed E-state index contributed by atoms with van der Waals surface area (Å²) < 4.78 is 5.36. The van der Waals surface area contributed by atoms with Crippen molar-refractivity contribution in [3.05, 3.63) is 40.6 Å². The first-order valence-corrected chi connectivity index (χ1v) is 13.7. The number of hydrogen-bond donors (Lipinski definition) is 0. The number of benzene rings is 1. The van der Waals surface area contributed by atoms with E-state index in [1.54, 1.807) is 6.07 Å². The van der Waals surface area contributed by atoms with Gasteiger partial charge in [0.15, 0.2) is 5.89 Å². The van der Waals surface area contributed by atoms with Gasteiger partial charge in [0.2, 0.25) is 0 Å². The van der Waals surface area contributed by atoms with E-state index >= 15 is 0 Å². The van der Waals surface area contributed by atoms with Crippen molar-refractivity contribution in [1.29, 1.82) is 0 Å². The maximum Gasteiger partial charge on any atom is 0.346 e. The van der Waals surface area contributed by atoms with E-state index < -0.39 is 0 Å². The molecule has 0 aliphatic rings. The van der Waals surface area contributed by atoms with E-state index in [0.717, 1.165) is 18.4 Å². The molecule has 0 fully saturated rings. The Morgan fingerprint density at radius 1 is 0.625 bits per heavy atom. The van der Waals surface area contributed by atoms with Crippen LogP contribution in [0.15, 0.2) is 33.5 Å². The molecule has 0 bridgehead atoms. The lowest BCUT2D eigenvalue weighted by molar-refractivity contribution is 0.433. The zero-order valence-electron chi connectivity index (χ0n) is 20.7. The molecule has 0 spiro atoms. The van der Waals surface area contributed by atoms with Crippen molar-refractivity contribution in [2.24, 2.45) is 0 Å². The van der Waals surface area contributed by atoms with Gasteiger partial charge in [-0.3, -0.25) is 0 Å². The van der Waals surface area contributed by atoms with Crippen molar-refractivity contribution in [3.8, 4) is 0 Å². The molecular formula is C29H47NO2. The molecule has 0 aliphatic carbocycles. The first kappa shape index (κ1) is 26.6. The zero-order valence-corrected chi connectivity index (χ0v) is 20.7. The van der Waals surface area contributed by atoms with Crippen LogP contribution in [0.4, 0.5) is 0 Å². The zero-order chi connectivity index (χ0) is 22.7. The van der Waals surface area contributed by atoms with Gasteiger partial charge in [-0.2, -0.15) is 0 Å². The van der Waals surface area contributed by atoms with Gasteiger partial charge in [0.1, 0.15) is 0 Å². The molecule has 1 aromatic carbocycles. The first-order chi connectivity index (χ1) is 15.8. The van der Waals surface area contributed by atoms with E-state index in [0.29, 0.717) is 11.3 Å². The Bertz CT molecular complexity index is 767. The Labute approximate surface area is 196 Å². The third-order valence-electron chi connectivity index (χ3n) is 6.57. The summed E-state index contributed by atoms with van der Waals surface area (Å²) >= 11 is 0. The van der Waals surface area contributed by atoms with E-state index in [1.165, 1.54) is 116 Å². The molecule has 0 aliphatic heterocycles. The number of fused-ring (bicyclic) bond motifs is 1. The predicted octanol–water partition coefficient (Wildman–Crippen LogP) is 9.16. The van der Waals surface area contributed by atoms with Crippen LogP contribution < -0.4 is 5.63 Å². The van der Waals surface area contributed by atoms with Crippen LogP contribution in [0.5, 0.6) is 0 Å². The summed E-state index contributed by atoms with van der Waals surface area (Å²) in [5.41, 5.74) is 0.486. The highest BCUT2D eigenvalue weighted by Crippen LogP contribution is 2.15. The fraction of sp³-hybridized carbons (Fsp3) is 0.724. The summed E-state index contributed by atoms with van der Waals surface area (Å²) in [6.45, 7) is 2.29. The molecule has 3 heteroatoms. The minimum absolute atomic E-state index is 0.261. The largest absolute Gasteiger partial charge is 0.408 e. The molecule has 0 unspecified atom stereocenters. The average Bonchev–Trinajstić information content (AvgIpc) is 2.80. The molecule has 3 nitrogen and oxygen atoms in total. The van der Waals surface area contributed by atoms with Gasteiger partial charge < -0.3 is 4.42 Å². The highest BCUT2D eigenvalue weighted by atomic mass is 16.4. The van der Waals surface area contributed by atoms with E-state index in [2.05, 4.69) is 11.9 Å². The van der Waals surface area contributed by atoms with Gasteiger partial charge in [0.25, 0.3) is 0 Å². The fourth-order valence-corrected chi connectivity index (χ4v) is 4.52. The summed E-state index contributed by atoms with van der Waals surface area (Å²) in [6.07, 6.45) is 27.0. The lowest BCUT2D eigenvalue weighted by Gasteiger charge is -2.04. The molecular weight excluding hydrogens is 394 g/mol. The van der Waals surface area contributed by atoms with Crippen molar-refractivity contribution >= 4 is 10.9 Å². The SMILES string of the molecule is CCCCCCCCCCCCCCCCCCCCCc1nc2ccccc2c(=O)o1. The normalized spacial score (nSPS) is 11.4. The second-order valence-electron chi connectivity index (χ2n) is 9.53. The molecule has 2 rings (SSSR count). The molecule has 0 saturated heterocycles. The van der Waals surface area contributed by atoms with Gasteiger partial charge >= 0.3 is 5.63 Å². The number of rotatable bonds is 20. The quantitative estimate of drug-likeness (QED) is 0.192. The molecule has 32 heavy (non-hydrogen) atoms. The Hall–Kier alpha value is -1.64. The van der Waals surface area contributed by atoms with E-state index in [1.807, 2.05) is 18.2 Å². The number of unbranched alkanes of at least 4 members (excludes halogenated alkanes) is 18. The topological polar surface area (TPSA) is 43.1 Å². The maximum atomic E-state index is 12.0. The van der Waals surface area contributed by atoms with Gasteiger partial charge in [0.05, 0.1) is 10.9 Å². The molecule has 0 radical (unpaired) electrons. The average molecular weight is 442 g/mol. The van der Waals surface area contributed by atoms with Crippen molar-refractivity contribution in [2.75, 3.05) is 0 Å². The predicted molar refractivity (Wildman–Crippen MR) is 137 cm³/mol. The van der Waals surface area contributed by atoms with Crippen LogP contribution in [0.1, 0.15) is 135 Å². The summed E-state index contributed by atoms with van der Waals surface area (Å²) in [6, 6.07) is 7.41. The van der Waals surface area contributed by atoms with Crippen molar-refractivity contribution in [1.82, 2.24) is 4.98 Å². The number of aromatic nitrogens is 1. The van der Waals surface area contributed by atoms with Gasteiger partial charge in [-0.05, 0) is 18.6 Å². The summed E-state index contributed by atoms with van der Waals surface area (Å²) in [5.74, 6) is 0.584. The number of hydrogen-bond acceptors (Lipinski definition) is 3. The van der Waals surface area contributed by atoms with Crippen molar-refractivity contribution in [2.45, 2.75) is 135 Å². The van der Waals surface area contributed by atoms with Crippen LogP contribution in [-0.4, -0.2) is 4.98 Å². The summed E-state index contributed by atoms with van der Waals surface area (Å²) in [5, 5.41) is 0.574. The van der Waals surface area contributed by atoms with Crippen LogP contribution in [0.2, 0.25) is 0 Å². The van der Waals surface area contributed by atoms with Crippen LogP contribution in [-0.2, 0) is 6.42 Å². The summed E-state index contributed by atoms with van der Waals surface area (Å²) in [7, 11) is 0. The first-order valence-electron chi connectivity index (χ1n) is 13.7. The highest BCUT2D eigenvalue weighted by Gasteiger charge is 2.05. The van der Waals surface area contributed by atoms with E-state index in [9.17, 15) is 4.79 Å². The molecule has 0 amide bonds. The lowest BCUT2D eigenvalue weighted by Crippen LogP contribution is -2.05. The molecule has 2 aromatic rings. The number of nitrogens with zero attached hydrogens (tertiary/aromatic N) is 1. The van der Waals surface area contributed by atoms with Crippen LogP contribution in [0, 0.1) is 0 Å². The Morgan fingerprint density at radius 3 is 1.56 bits per heavy atom. The fourth-order valence-electron chi connectivity index (χ4n) is 4.52. The van der Waals surface area contributed by atoms with E-state index in [-0.39, 0.29) is 5.63 Å². The number of aryl methyl sites for hydroxylation is 1. The third kappa shape index (κ3) is 11.8. The minimum atomic E-state index is -0.261. The molecule has 0 saturated carbocycles. The Balaban J connectivity index is 1.33. The van der Waals surface area contributed by atoms with E-state index in [4.69, 9.17) is 4.42 Å². The van der Waals surface area contributed by atoms with Gasteiger partial charge in [-0.15, -0.1) is 0 Å². The second kappa shape index (κ2) is 17.9. The maximum absolute atomic E-state index is 12.0. The minimum Gasteiger partial charge on any atom is -0.408 e. The van der Waals surface area contributed by atoms with Crippen molar-refractivity contribution < 1.29 is 4.42 Å². The summed E-state index contributed by atoms with van der Waals surface area (Å²) in [4.78, 5) is 16.5. The van der Waals surface area contributed by atoms with Gasteiger partial charge in [-0.1, -0.05) is 135 Å². The molecule has 1 heterocycles. The van der Waals surface area contributed by atoms with Crippen LogP contribution >= 0.6 is 0 Å². The standard InChI is InChI=1S/C29H47NO2/c1-2-3-4-5-6-7-8-9-10-11-12-13-14-15-16-17-18-19-20-25-28-30-27-24-22-21-23-26(27)29(31)32-28/h21-24H,2-20,25H2,1H3. The lowest BCUT2D eigenvalue weighted by atomic mass is 10.0. The molecule has 1 aromatic heterocycles. The monoisotopic (exact) mass is 441 g/mol. The van der Waals surface area contributed by atoms with Gasteiger partial charge in [-0.25, -0.2) is 9.78 Å². The molecule has 0 N–H and O–H groups in total. The Morgan fingerprint density at radius 2 is 1.06 bits per heavy atom. The molecule has 0 atom stereocenters. The second-order valence-corrected chi connectivity index (χ2v) is 9.53. The van der Waals surface area contributed by atoms with Gasteiger partial charge in [0, 0.05) is 6.42 Å². The Kier molecular flexibility index (Phi) is 14.9. The third-order valence-corrected chi connectivity index (χ3v) is 6.57. The smallest absolute Gasteiger partial charge is 0.346 e. The molecule has 180 valence electrons. The van der Waals surface area contributed by atoms with Crippen molar-refractivity contribution in [3.63, 3.8) is 0 Å².